The van der Waals surface area contributed by atoms with E-state index >= 15 is 0 Å². The van der Waals surface area contributed by atoms with Gasteiger partial charge in [-0.15, -0.1) is 0 Å². The molecule has 0 aliphatic carbocycles. The van der Waals surface area contributed by atoms with Crippen LogP contribution in [-0.2, 0) is 6.61 Å². The lowest BCUT2D eigenvalue weighted by molar-refractivity contribution is 0.0971. The van der Waals surface area contributed by atoms with Crippen molar-refractivity contribution in [3.8, 4) is 5.88 Å². The number of carbonyl (C=O) groups excluding carboxylic acids is 1. The molecule has 1 unspecified atom stereocenters. The lowest BCUT2D eigenvalue weighted by Crippen LogP contribution is -2.36. The van der Waals surface area contributed by atoms with E-state index in [1.807, 2.05) is 19.9 Å². The lowest BCUT2D eigenvalue weighted by Gasteiger charge is -2.23. The van der Waals surface area contributed by atoms with Gasteiger partial charge in [-0.25, -0.2) is 8.91 Å². The highest BCUT2D eigenvalue weighted by molar-refractivity contribution is 6.31. The zero-order chi connectivity index (χ0) is 22.8. The molecule has 0 aliphatic rings. The Hall–Kier alpha value is -2.44. The van der Waals surface area contributed by atoms with Crippen molar-refractivity contribution in [2.24, 2.45) is 5.73 Å². The molecule has 0 radical (unpaired) electrons. The van der Waals surface area contributed by atoms with Crippen molar-refractivity contribution in [1.29, 1.82) is 0 Å². The number of benzene rings is 1. The first-order valence-corrected chi connectivity index (χ1v) is 10.9. The van der Waals surface area contributed by atoms with E-state index < -0.39 is 5.82 Å². The molecule has 0 fully saturated rings. The highest BCUT2D eigenvalue weighted by atomic mass is 35.5. The molecule has 0 aliphatic heterocycles. The number of hydrogen-bond acceptors (Lipinski definition) is 4. The zero-order valence-electron chi connectivity index (χ0n) is 18.5. The van der Waals surface area contributed by atoms with Crippen LogP contribution < -0.4 is 10.5 Å². The molecule has 1 atom stereocenters. The summed E-state index contributed by atoms with van der Waals surface area (Å²) in [6.45, 7) is 7.74. The summed E-state index contributed by atoms with van der Waals surface area (Å²) in [6.07, 6.45) is 2.80. The molecule has 2 aromatic heterocycles. The number of rotatable bonds is 9. The van der Waals surface area contributed by atoms with Crippen LogP contribution in [0.3, 0.4) is 0 Å². The average molecular weight is 446 g/mol. The fourth-order valence-electron chi connectivity index (χ4n) is 3.84. The molecule has 0 saturated heterocycles. The van der Waals surface area contributed by atoms with Crippen molar-refractivity contribution in [1.82, 2.24) is 9.61 Å². The summed E-state index contributed by atoms with van der Waals surface area (Å²) in [4.78, 5) is 13.1. The minimum atomic E-state index is -0.430. The largest absolute Gasteiger partial charge is 0.473 e. The maximum atomic E-state index is 14.1. The fraction of sp³-hybridized carbons (Fsp3) is 0.417. The van der Waals surface area contributed by atoms with Crippen molar-refractivity contribution in [2.45, 2.75) is 65.5 Å². The van der Waals surface area contributed by atoms with E-state index in [0.717, 1.165) is 18.4 Å². The van der Waals surface area contributed by atoms with Crippen molar-refractivity contribution in [3.05, 3.63) is 63.6 Å². The molecule has 2 N–H and O–H groups in total. The third-order valence-corrected chi connectivity index (χ3v) is 5.82. The topological polar surface area (TPSA) is 69.6 Å². The highest BCUT2D eigenvalue weighted by Crippen LogP contribution is 2.27. The molecule has 0 saturated carbocycles. The molecular formula is C24H29ClFN3O2. The Bertz CT molecular complexity index is 1090. The molecule has 5 nitrogen and oxygen atoms in total. The van der Waals surface area contributed by atoms with Gasteiger partial charge in [0.15, 0.2) is 5.78 Å². The van der Waals surface area contributed by atoms with Gasteiger partial charge >= 0.3 is 0 Å². The Kier molecular flexibility index (Phi) is 7.02. The van der Waals surface area contributed by atoms with Crippen LogP contribution >= 0.6 is 11.6 Å². The second-order valence-electron chi connectivity index (χ2n) is 8.44. The van der Waals surface area contributed by atoms with Crippen LogP contribution in [0.25, 0.3) is 5.52 Å². The Morgan fingerprint density at radius 2 is 2.03 bits per heavy atom. The number of halogens is 2. The van der Waals surface area contributed by atoms with Gasteiger partial charge in [0.25, 0.3) is 0 Å². The Labute approximate surface area is 187 Å². The van der Waals surface area contributed by atoms with Crippen molar-refractivity contribution < 1.29 is 13.9 Å². The van der Waals surface area contributed by atoms with E-state index in [4.69, 9.17) is 22.1 Å². The summed E-state index contributed by atoms with van der Waals surface area (Å²) in [5.41, 5.74) is 9.00. The third kappa shape index (κ3) is 5.25. The molecule has 3 aromatic rings. The number of hydrogen-bond donors (Lipinski definition) is 1. The van der Waals surface area contributed by atoms with E-state index in [2.05, 4.69) is 12.0 Å². The highest BCUT2D eigenvalue weighted by Gasteiger charge is 2.23. The smallest absolute Gasteiger partial charge is 0.215 e. The van der Waals surface area contributed by atoms with Gasteiger partial charge in [0.05, 0.1) is 21.8 Å². The van der Waals surface area contributed by atoms with Gasteiger partial charge in [0.1, 0.15) is 12.4 Å². The quantitative estimate of drug-likeness (QED) is 0.422. The SMILES string of the molecule is CCCC(C)(N)CCC(=O)c1c(C)nn2c(OCc3c(F)cccc3Cl)cc(C)cc12. The molecular weight excluding hydrogens is 417 g/mol. The van der Waals surface area contributed by atoms with E-state index in [1.54, 1.807) is 29.6 Å². The van der Waals surface area contributed by atoms with E-state index in [0.29, 0.717) is 40.5 Å². The second-order valence-corrected chi connectivity index (χ2v) is 8.85. The van der Waals surface area contributed by atoms with Crippen molar-refractivity contribution in [2.75, 3.05) is 0 Å². The zero-order valence-corrected chi connectivity index (χ0v) is 19.2. The Morgan fingerprint density at radius 1 is 1.29 bits per heavy atom. The Balaban J connectivity index is 1.90. The number of pyridine rings is 1. The Morgan fingerprint density at radius 3 is 2.71 bits per heavy atom. The first kappa shape index (κ1) is 23.2. The second kappa shape index (κ2) is 9.37. The minimum absolute atomic E-state index is 0.00831. The minimum Gasteiger partial charge on any atom is -0.473 e. The molecule has 7 heteroatoms. The van der Waals surface area contributed by atoms with Crippen LogP contribution in [0.5, 0.6) is 5.88 Å². The number of nitrogens with zero attached hydrogens (tertiary/aromatic N) is 2. The number of ketones is 1. The predicted molar refractivity (Wildman–Crippen MR) is 121 cm³/mol. The maximum Gasteiger partial charge on any atom is 0.215 e. The molecule has 2 heterocycles. The predicted octanol–water partition coefficient (Wildman–Crippen LogP) is 5.80. The van der Waals surface area contributed by atoms with Crippen LogP contribution in [0.4, 0.5) is 4.39 Å². The summed E-state index contributed by atoms with van der Waals surface area (Å²) in [6, 6.07) is 8.22. The molecule has 0 bridgehead atoms. The van der Waals surface area contributed by atoms with Gasteiger partial charge in [-0.1, -0.05) is 31.0 Å². The van der Waals surface area contributed by atoms with Crippen molar-refractivity contribution >= 4 is 22.9 Å². The molecule has 3 rings (SSSR count). The monoisotopic (exact) mass is 445 g/mol. The number of Topliss-reactive ketones (excluding diaryl/α,β-unsaturated/α-hetero) is 1. The summed E-state index contributed by atoms with van der Waals surface area (Å²) in [5, 5.41) is 4.83. The summed E-state index contributed by atoms with van der Waals surface area (Å²) in [7, 11) is 0. The number of aryl methyl sites for hydroxylation is 2. The normalized spacial score (nSPS) is 13.4. The molecule has 1 aromatic carbocycles. The third-order valence-electron chi connectivity index (χ3n) is 5.47. The first-order valence-electron chi connectivity index (χ1n) is 10.5. The van der Waals surface area contributed by atoms with Gasteiger partial charge in [-0.3, -0.25) is 4.79 Å². The van der Waals surface area contributed by atoms with Crippen LogP contribution in [0.15, 0.2) is 30.3 Å². The van der Waals surface area contributed by atoms with Crippen LogP contribution in [0.1, 0.15) is 66.7 Å². The molecule has 166 valence electrons. The number of carbonyl (C=O) groups is 1. The number of nitrogens with two attached hydrogens (primary N) is 1. The summed E-state index contributed by atoms with van der Waals surface area (Å²) >= 11 is 6.11. The fourth-order valence-corrected chi connectivity index (χ4v) is 4.06. The first-order chi connectivity index (χ1) is 14.6. The molecule has 31 heavy (non-hydrogen) atoms. The summed E-state index contributed by atoms with van der Waals surface area (Å²) in [5.74, 6) is 0.000847. The number of aromatic nitrogens is 2. The van der Waals surface area contributed by atoms with Crippen molar-refractivity contribution in [3.63, 3.8) is 0 Å². The van der Waals surface area contributed by atoms with Crippen LogP contribution in [-0.4, -0.2) is 20.9 Å². The lowest BCUT2D eigenvalue weighted by atomic mass is 9.89. The molecule has 0 spiro atoms. The van der Waals surface area contributed by atoms with E-state index in [-0.39, 0.29) is 23.5 Å². The number of ether oxygens (including phenoxy) is 1. The maximum absolute atomic E-state index is 14.1. The standard InChI is InChI=1S/C24H29ClFN3O2/c1-5-10-24(4,27)11-9-21(30)23-16(3)28-29-20(23)12-15(2)13-22(29)31-14-17-18(25)7-6-8-19(17)26/h6-8,12-13H,5,9-11,14,27H2,1-4H3. The van der Waals surface area contributed by atoms with Gasteiger partial charge in [0, 0.05) is 23.6 Å². The number of fused-ring (bicyclic) bond motifs is 1. The van der Waals surface area contributed by atoms with Gasteiger partial charge < -0.3 is 10.5 Å². The van der Waals surface area contributed by atoms with Gasteiger partial charge in [-0.2, -0.15) is 5.10 Å². The van der Waals surface area contributed by atoms with E-state index in [1.165, 1.54) is 6.07 Å². The average Bonchev–Trinajstić information content (AvgIpc) is 3.01. The van der Waals surface area contributed by atoms with Gasteiger partial charge in [-0.05, 0) is 57.4 Å². The van der Waals surface area contributed by atoms with Crippen LogP contribution in [0.2, 0.25) is 5.02 Å². The van der Waals surface area contributed by atoms with E-state index in [9.17, 15) is 9.18 Å². The molecule has 0 amide bonds. The van der Waals surface area contributed by atoms with Gasteiger partial charge in [0.2, 0.25) is 5.88 Å². The summed E-state index contributed by atoms with van der Waals surface area (Å²) < 4.78 is 21.6. The van der Waals surface area contributed by atoms with Crippen LogP contribution in [0, 0.1) is 19.7 Å².